The van der Waals surface area contributed by atoms with Gasteiger partial charge < -0.3 is 4.57 Å². The lowest BCUT2D eigenvalue weighted by Crippen LogP contribution is -2.37. The van der Waals surface area contributed by atoms with E-state index in [0.717, 1.165) is 11.0 Å². The van der Waals surface area contributed by atoms with Crippen molar-refractivity contribution in [1.29, 1.82) is 0 Å². The van der Waals surface area contributed by atoms with Crippen LogP contribution in [-0.2, 0) is 18.9 Å². The molecule has 1 aliphatic rings. The van der Waals surface area contributed by atoms with Gasteiger partial charge in [0, 0.05) is 26.7 Å². The van der Waals surface area contributed by atoms with Crippen molar-refractivity contribution in [2.45, 2.75) is 19.3 Å². The molecular formula is C12H14N2O3. The molecule has 17 heavy (non-hydrogen) atoms. The highest BCUT2D eigenvalue weighted by Gasteiger charge is 2.17. The summed E-state index contributed by atoms with van der Waals surface area (Å²) in [5.41, 5.74) is 0.343. The number of aryl methyl sites for hydroxylation is 1. The second kappa shape index (κ2) is 4.16. The van der Waals surface area contributed by atoms with Crippen LogP contribution in [0.25, 0.3) is 6.08 Å². The highest BCUT2D eigenvalue weighted by atomic mass is 16.2. The second-order valence-corrected chi connectivity index (χ2v) is 4.29. The van der Waals surface area contributed by atoms with Gasteiger partial charge in [0.05, 0.1) is 5.56 Å². The van der Waals surface area contributed by atoms with Crippen LogP contribution < -0.4 is 11.2 Å². The van der Waals surface area contributed by atoms with Crippen molar-refractivity contribution >= 4 is 11.9 Å². The van der Waals surface area contributed by atoms with Crippen LogP contribution in [0.3, 0.4) is 0 Å². The smallest absolute Gasteiger partial charge is 0.303 e. The van der Waals surface area contributed by atoms with E-state index in [4.69, 9.17) is 0 Å². The Morgan fingerprint density at radius 3 is 2.47 bits per heavy atom. The SMILES string of the molecule is Cn1cc(/C=C2\CCCC2=O)c(=O)n(C)c1=O. The third-order valence-corrected chi connectivity index (χ3v) is 3.01. The summed E-state index contributed by atoms with van der Waals surface area (Å²) < 4.78 is 2.39. The molecule has 1 aliphatic carbocycles. The monoisotopic (exact) mass is 234 g/mol. The minimum Gasteiger partial charge on any atom is -0.303 e. The molecule has 0 spiro atoms. The first-order valence-corrected chi connectivity index (χ1v) is 5.51. The largest absolute Gasteiger partial charge is 0.330 e. The van der Waals surface area contributed by atoms with Gasteiger partial charge in [-0.15, -0.1) is 0 Å². The van der Waals surface area contributed by atoms with E-state index in [0.29, 0.717) is 24.0 Å². The number of allylic oxidation sites excluding steroid dienone is 1. The predicted molar refractivity (Wildman–Crippen MR) is 63.8 cm³/mol. The Morgan fingerprint density at radius 1 is 1.18 bits per heavy atom. The molecule has 90 valence electrons. The van der Waals surface area contributed by atoms with E-state index < -0.39 is 0 Å². The molecule has 0 N–H and O–H groups in total. The van der Waals surface area contributed by atoms with Gasteiger partial charge in [-0.2, -0.15) is 0 Å². The molecule has 1 heterocycles. The van der Waals surface area contributed by atoms with Crippen LogP contribution in [0.1, 0.15) is 24.8 Å². The van der Waals surface area contributed by atoms with Crippen LogP contribution in [0.2, 0.25) is 0 Å². The van der Waals surface area contributed by atoms with Gasteiger partial charge in [-0.1, -0.05) is 0 Å². The molecule has 5 nitrogen and oxygen atoms in total. The van der Waals surface area contributed by atoms with Crippen molar-refractivity contribution in [3.63, 3.8) is 0 Å². The van der Waals surface area contributed by atoms with Crippen molar-refractivity contribution in [1.82, 2.24) is 9.13 Å². The van der Waals surface area contributed by atoms with Crippen molar-refractivity contribution in [2.75, 3.05) is 0 Å². The molecule has 0 unspecified atom stereocenters. The van der Waals surface area contributed by atoms with Gasteiger partial charge >= 0.3 is 5.69 Å². The summed E-state index contributed by atoms with van der Waals surface area (Å²) in [7, 11) is 3.02. The molecule has 0 saturated heterocycles. The molecule has 0 amide bonds. The Balaban J connectivity index is 2.58. The lowest BCUT2D eigenvalue weighted by Gasteiger charge is -2.04. The summed E-state index contributed by atoms with van der Waals surface area (Å²) in [5.74, 6) is 0.0981. The molecule has 1 aromatic heterocycles. The van der Waals surface area contributed by atoms with Crippen molar-refractivity contribution in [3.05, 3.63) is 38.2 Å². The topological polar surface area (TPSA) is 61.1 Å². The molecule has 1 aromatic rings. The fourth-order valence-electron chi connectivity index (χ4n) is 2.01. The van der Waals surface area contributed by atoms with Gasteiger partial charge in [-0.3, -0.25) is 14.2 Å². The number of rotatable bonds is 1. The van der Waals surface area contributed by atoms with Crippen LogP contribution in [-0.4, -0.2) is 14.9 Å². The Bertz CT molecular complexity index is 620. The summed E-state index contributed by atoms with van der Waals surface area (Å²) in [5, 5.41) is 0. The Labute approximate surface area is 98.0 Å². The van der Waals surface area contributed by atoms with Gasteiger partial charge in [0.1, 0.15) is 0 Å². The van der Waals surface area contributed by atoms with E-state index >= 15 is 0 Å². The normalized spacial score (nSPS) is 18.0. The molecule has 0 atom stereocenters. The van der Waals surface area contributed by atoms with E-state index in [2.05, 4.69) is 0 Å². The minimum absolute atomic E-state index is 0.0981. The number of carbonyl (C=O) groups is 1. The Hall–Kier alpha value is -1.91. The quantitative estimate of drug-likeness (QED) is 0.653. The summed E-state index contributed by atoms with van der Waals surface area (Å²) in [4.78, 5) is 34.8. The molecule has 0 radical (unpaired) electrons. The third kappa shape index (κ3) is 2.00. The molecule has 2 rings (SSSR count). The van der Waals surface area contributed by atoms with Gasteiger partial charge in [0.2, 0.25) is 0 Å². The van der Waals surface area contributed by atoms with Crippen molar-refractivity contribution in [2.24, 2.45) is 14.1 Å². The summed E-state index contributed by atoms with van der Waals surface area (Å²) in [6.07, 6.45) is 5.19. The fraction of sp³-hybridized carbons (Fsp3) is 0.417. The lowest BCUT2D eigenvalue weighted by molar-refractivity contribution is -0.114. The van der Waals surface area contributed by atoms with Crippen LogP contribution >= 0.6 is 0 Å². The van der Waals surface area contributed by atoms with Gasteiger partial charge in [0.25, 0.3) is 5.56 Å². The minimum atomic E-state index is -0.366. The maximum atomic E-state index is 11.8. The Morgan fingerprint density at radius 2 is 1.88 bits per heavy atom. The second-order valence-electron chi connectivity index (χ2n) is 4.29. The van der Waals surface area contributed by atoms with Gasteiger partial charge in [-0.25, -0.2) is 4.79 Å². The molecule has 0 bridgehead atoms. The van der Waals surface area contributed by atoms with E-state index in [9.17, 15) is 14.4 Å². The van der Waals surface area contributed by atoms with E-state index in [1.807, 2.05) is 0 Å². The van der Waals surface area contributed by atoms with Crippen molar-refractivity contribution in [3.8, 4) is 0 Å². The summed E-state index contributed by atoms with van der Waals surface area (Å²) in [6.45, 7) is 0. The third-order valence-electron chi connectivity index (χ3n) is 3.01. The number of nitrogens with zero attached hydrogens (tertiary/aromatic N) is 2. The number of carbonyl (C=O) groups excluding carboxylic acids is 1. The van der Waals surface area contributed by atoms with Crippen LogP contribution in [0, 0.1) is 0 Å². The average molecular weight is 234 g/mol. The van der Waals surface area contributed by atoms with Crippen LogP contribution in [0.4, 0.5) is 0 Å². The van der Waals surface area contributed by atoms with E-state index in [1.54, 1.807) is 13.1 Å². The van der Waals surface area contributed by atoms with Crippen LogP contribution in [0.5, 0.6) is 0 Å². The molecule has 1 fully saturated rings. The molecule has 0 aliphatic heterocycles. The number of hydrogen-bond donors (Lipinski definition) is 0. The first kappa shape index (κ1) is 11.6. The number of ketones is 1. The van der Waals surface area contributed by atoms with Gasteiger partial charge in [-0.05, 0) is 24.5 Å². The summed E-state index contributed by atoms with van der Waals surface area (Å²) >= 11 is 0. The lowest BCUT2D eigenvalue weighted by atomic mass is 10.1. The molecule has 5 heteroatoms. The number of Topliss-reactive ketones (excluding diaryl/α,β-unsaturated/α-hetero) is 1. The zero-order valence-corrected chi connectivity index (χ0v) is 9.90. The number of hydrogen-bond acceptors (Lipinski definition) is 3. The highest BCUT2D eigenvalue weighted by Crippen LogP contribution is 2.21. The Kier molecular flexibility index (Phi) is 2.83. The maximum Gasteiger partial charge on any atom is 0.330 e. The highest BCUT2D eigenvalue weighted by molar-refractivity contribution is 6.01. The first-order chi connectivity index (χ1) is 8.00. The van der Waals surface area contributed by atoms with E-state index in [1.165, 1.54) is 17.8 Å². The van der Waals surface area contributed by atoms with Crippen LogP contribution in [0.15, 0.2) is 21.4 Å². The van der Waals surface area contributed by atoms with Crippen molar-refractivity contribution < 1.29 is 4.79 Å². The molecular weight excluding hydrogens is 220 g/mol. The maximum absolute atomic E-state index is 11.8. The first-order valence-electron chi connectivity index (χ1n) is 5.51. The number of aromatic nitrogens is 2. The average Bonchev–Trinajstić information content (AvgIpc) is 2.69. The fourth-order valence-corrected chi connectivity index (χ4v) is 2.01. The molecule has 0 aromatic carbocycles. The summed E-state index contributed by atoms with van der Waals surface area (Å²) in [6, 6.07) is 0. The van der Waals surface area contributed by atoms with E-state index in [-0.39, 0.29) is 17.0 Å². The molecule has 1 saturated carbocycles. The standard InChI is InChI=1S/C12H14N2O3/c1-13-7-9(11(16)14(2)12(13)17)6-8-4-3-5-10(8)15/h6-7H,3-5H2,1-2H3/b8-6+. The zero-order valence-electron chi connectivity index (χ0n) is 9.90. The zero-order chi connectivity index (χ0) is 12.6. The van der Waals surface area contributed by atoms with Gasteiger partial charge in [0.15, 0.2) is 5.78 Å². The predicted octanol–water partition coefficient (Wildman–Crippen LogP) is 0.220.